The van der Waals surface area contributed by atoms with Gasteiger partial charge in [0.05, 0.1) is 7.11 Å². The molecule has 2 unspecified atom stereocenters. The summed E-state index contributed by atoms with van der Waals surface area (Å²) >= 11 is 0. The second-order valence-corrected chi connectivity index (χ2v) is 5.75. The normalized spacial score (nSPS) is 23.6. The van der Waals surface area contributed by atoms with Crippen molar-refractivity contribution in [2.75, 3.05) is 13.7 Å². The Morgan fingerprint density at radius 1 is 1.32 bits per heavy atom. The number of piperidine rings is 1. The van der Waals surface area contributed by atoms with Crippen molar-refractivity contribution in [2.24, 2.45) is 0 Å². The van der Waals surface area contributed by atoms with Gasteiger partial charge in [0, 0.05) is 12.6 Å². The standard InChI is InChI=1S/C13H24N2O4/c1-13(2,3)19-12(17)14-8-9-6-5-7-10(15-9)11(16)18-4/h9-10,15H,5-8H2,1-4H3,(H,14,17). The first-order chi connectivity index (χ1) is 8.81. The molecule has 1 rings (SSSR count). The maximum absolute atomic E-state index is 11.5. The summed E-state index contributed by atoms with van der Waals surface area (Å²) < 4.78 is 9.87. The highest BCUT2D eigenvalue weighted by Gasteiger charge is 2.27. The summed E-state index contributed by atoms with van der Waals surface area (Å²) in [5.74, 6) is -0.248. The van der Waals surface area contributed by atoms with Crippen molar-refractivity contribution in [3.63, 3.8) is 0 Å². The minimum absolute atomic E-state index is 0.0744. The van der Waals surface area contributed by atoms with Crippen molar-refractivity contribution in [1.82, 2.24) is 10.6 Å². The average Bonchev–Trinajstić information content (AvgIpc) is 2.34. The molecule has 2 N–H and O–H groups in total. The molecule has 0 aromatic rings. The first kappa shape index (κ1) is 15.8. The van der Waals surface area contributed by atoms with Gasteiger partial charge in [-0.15, -0.1) is 0 Å². The molecule has 1 heterocycles. The Labute approximate surface area is 114 Å². The topological polar surface area (TPSA) is 76.7 Å². The van der Waals surface area contributed by atoms with Crippen molar-refractivity contribution < 1.29 is 19.1 Å². The minimum atomic E-state index is -0.501. The summed E-state index contributed by atoms with van der Waals surface area (Å²) in [6, 6.07) is -0.199. The van der Waals surface area contributed by atoms with Crippen LogP contribution in [0.25, 0.3) is 0 Å². The summed E-state index contributed by atoms with van der Waals surface area (Å²) in [5, 5.41) is 5.89. The average molecular weight is 272 g/mol. The van der Waals surface area contributed by atoms with Gasteiger partial charge in [-0.25, -0.2) is 4.79 Å². The number of carbonyl (C=O) groups excluding carboxylic acids is 2. The van der Waals surface area contributed by atoms with E-state index in [1.165, 1.54) is 7.11 Å². The van der Waals surface area contributed by atoms with Crippen LogP contribution < -0.4 is 10.6 Å². The highest BCUT2D eigenvalue weighted by molar-refractivity contribution is 5.75. The summed E-state index contributed by atoms with van der Waals surface area (Å²) in [5.41, 5.74) is -0.501. The van der Waals surface area contributed by atoms with Gasteiger partial charge >= 0.3 is 12.1 Å². The lowest BCUT2D eigenvalue weighted by Gasteiger charge is -2.29. The van der Waals surface area contributed by atoms with Crippen LogP contribution in [0.15, 0.2) is 0 Å². The van der Waals surface area contributed by atoms with E-state index in [0.29, 0.717) is 6.54 Å². The van der Waals surface area contributed by atoms with Gasteiger partial charge in [-0.3, -0.25) is 10.1 Å². The Kier molecular flexibility index (Phi) is 5.60. The molecule has 2 atom stereocenters. The SMILES string of the molecule is COC(=O)C1CCCC(CNC(=O)OC(C)(C)C)N1. The first-order valence-corrected chi connectivity index (χ1v) is 6.62. The Morgan fingerprint density at radius 2 is 2.00 bits per heavy atom. The molecular formula is C13H24N2O4. The number of nitrogens with one attached hydrogen (secondary N) is 2. The fourth-order valence-corrected chi connectivity index (χ4v) is 2.03. The van der Waals surface area contributed by atoms with Crippen LogP contribution in [-0.2, 0) is 14.3 Å². The number of hydrogen-bond donors (Lipinski definition) is 2. The van der Waals surface area contributed by atoms with Crippen LogP contribution in [0.4, 0.5) is 4.79 Å². The first-order valence-electron chi connectivity index (χ1n) is 6.62. The van der Waals surface area contributed by atoms with E-state index in [0.717, 1.165) is 19.3 Å². The van der Waals surface area contributed by atoms with Gasteiger partial charge in [0.15, 0.2) is 0 Å². The van der Waals surface area contributed by atoms with E-state index in [2.05, 4.69) is 10.6 Å². The van der Waals surface area contributed by atoms with Crippen LogP contribution in [-0.4, -0.2) is 43.4 Å². The number of amides is 1. The monoisotopic (exact) mass is 272 g/mol. The van der Waals surface area contributed by atoms with Crippen molar-refractivity contribution in [3.05, 3.63) is 0 Å². The largest absolute Gasteiger partial charge is 0.468 e. The third kappa shape index (κ3) is 5.92. The zero-order valence-corrected chi connectivity index (χ0v) is 12.1. The van der Waals surface area contributed by atoms with Gasteiger partial charge in [-0.05, 0) is 40.0 Å². The van der Waals surface area contributed by atoms with Crippen LogP contribution in [0.2, 0.25) is 0 Å². The second-order valence-electron chi connectivity index (χ2n) is 5.75. The molecule has 0 bridgehead atoms. The van der Waals surface area contributed by atoms with Gasteiger partial charge in [0.1, 0.15) is 11.6 Å². The number of methoxy groups -OCH3 is 1. The number of carbonyl (C=O) groups is 2. The van der Waals surface area contributed by atoms with E-state index in [-0.39, 0.29) is 18.1 Å². The highest BCUT2D eigenvalue weighted by atomic mass is 16.6. The molecule has 6 heteroatoms. The lowest BCUT2D eigenvalue weighted by atomic mass is 9.98. The number of alkyl carbamates (subject to hydrolysis) is 1. The molecule has 6 nitrogen and oxygen atoms in total. The van der Waals surface area contributed by atoms with E-state index in [4.69, 9.17) is 9.47 Å². The molecule has 1 saturated heterocycles. The number of esters is 1. The third-order valence-corrected chi connectivity index (χ3v) is 2.86. The molecule has 1 fully saturated rings. The minimum Gasteiger partial charge on any atom is -0.468 e. The maximum atomic E-state index is 11.5. The van der Waals surface area contributed by atoms with Crippen LogP contribution in [0.5, 0.6) is 0 Å². The molecule has 0 saturated carbocycles. The highest BCUT2D eigenvalue weighted by Crippen LogP contribution is 2.13. The molecule has 0 radical (unpaired) electrons. The predicted molar refractivity (Wildman–Crippen MR) is 70.8 cm³/mol. The quantitative estimate of drug-likeness (QED) is 0.755. The van der Waals surface area contributed by atoms with Gasteiger partial charge in [-0.1, -0.05) is 0 Å². The Hall–Kier alpha value is -1.30. The van der Waals surface area contributed by atoms with Gasteiger partial charge in [0.2, 0.25) is 0 Å². The van der Waals surface area contributed by atoms with Crippen molar-refractivity contribution in [3.8, 4) is 0 Å². The fraction of sp³-hybridized carbons (Fsp3) is 0.846. The van der Waals surface area contributed by atoms with E-state index in [1.54, 1.807) is 0 Å². The second kappa shape index (κ2) is 6.75. The van der Waals surface area contributed by atoms with Crippen molar-refractivity contribution >= 4 is 12.1 Å². The van der Waals surface area contributed by atoms with Crippen molar-refractivity contribution in [1.29, 1.82) is 0 Å². The molecule has 0 aromatic heterocycles. The summed E-state index contributed by atoms with van der Waals surface area (Å²) in [6.45, 7) is 5.90. The smallest absolute Gasteiger partial charge is 0.407 e. The van der Waals surface area contributed by atoms with Crippen LogP contribution in [0.3, 0.4) is 0 Å². The Balaban J connectivity index is 2.33. The molecule has 110 valence electrons. The van der Waals surface area contributed by atoms with Crippen LogP contribution in [0.1, 0.15) is 40.0 Å². The van der Waals surface area contributed by atoms with Crippen LogP contribution >= 0.6 is 0 Å². The zero-order valence-electron chi connectivity index (χ0n) is 12.1. The Bertz CT molecular complexity index is 325. The molecule has 0 aliphatic carbocycles. The predicted octanol–water partition coefficient (Wildman–Crippen LogP) is 1.19. The maximum Gasteiger partial charge on any atom is 0.407 e. The molecule has 0 aromatic carbocycles. The third-order valence-electron chi connectivity index (χ3n) is 2.86. The van der Waals surface area contributed by atoms with Gasteiger partial charge < -0.3 is 14.8 Å². The van der Waals surface area contributed by atoms with Crippen molar-refractivity contribution in [2.45, 2.75) is 57.7 Å². The number of ether oxygens (including phenoxy) is 2. The number of rotatable bonds is 3. The lowest BCUT2D eigenvalue weighted by molar-refractivity contribution is -0.144. The summed E-state index contributed by atoms with van der Waals surface area (Å²) in [7, 11) is 1.38. The zero-order chi connectivity index (χ0) is 14.5. The molecule has 1 aliphatic rings. The van der Waals surface area contributed by atoms with Crippen LogP contribution in [0, 0.1) is 0 Å². The van der Waals surface area contributed by atoms with E-state index >= 15 is 0 Å². The lowest BCUT2D eigenvalue weighted by Crippen LogP contribution is -2.52. The molecule has 1 aliphatic heterocycles. The van der Waals surface area contributed by atoms with Gasteiger partial charge in [-0.2, -0.15) is 0 Å². The molecular weight excluding hydrogens is 248 g/mol. The fourth-order valence-electron chi connectivity index (χ4n) is 2.03. The molecule has 0 spiro atoms. The van der Waals surface area contributed by atoms with E-state index < -0.39 is 11.7 Å². The molecule has 1 amide bonds. The van der Waals surface area contributed by atoms with E-state index in [1.807, 2.05) is 20.8 Å². The number of hydrogen-bond acceptors (Lipinski definition) is 5. The summed E-state index contributed by atoms with van der Waals surface area (Å²) in [4.78, 5) is 23.0. The Morgan fingerprint density at radius 3 is 2.58 bits per heavy atom. The van der Waals surface area contributed by atoms with Gasteiger partial charge in [0.25, 0.3) is 0 Å². The molecule has 19 heavy (non-hydrogen) atoms. The summed E-state index contributed by atoms with van der Waals surface area (Å²) in [6.07, 6.45) is 2.20. The van der Waals surface area contributed by atoms with E-state index in [9.17, 15) is 9.59 Å².